The van der Waals surface area contributed by atoms with Gasteiger partial charge in [0.2, 0.25) is 5.91 Å². The van der Waals surface area contributed by atoms with Gasteiger partial charge in [0, 0.05) is 6.42 Å². The van der Waals surface area contributed by atoms with Crippen molar-refractivity contribution in [1.29, 1.82) is 0 Å². The van der Waals surface area contributed by atoms with E-state index in [9.17, 15) is 9.59 Å². The first-order valence-electron chi connectivity index (χ1n) is 15.0. The monoisotopic (exact) mass is 552 g/mol. The minimum absolute atomic E-state index is 0.0912. The van der Waals surface area contributed by atoms with E-state index in [1.54, 1.807) is 48.7 Å². The van der Waals surface area contributed by atoms with Gasteiger partial charge in [-0.1, -0.05) is 84.5 Å². The van der Waals surface area contributed by atoms with Crippen molar-refractivity contribution in [2.45, 2.75) is 104 Å². The Morgan fingerprint density at radius 1 is 0.775 bits per heavy atom. The standard InChI is InChI=1S/C33H48N2O5/c1-4-6-8-9-10-11-12-13-14-15-16-17-32(36)35-34-26-27-18-23-30(31(25-27)38-3)40-33(37)28-19-21-29(22-20-28)39-24-7-5-2/h18-23,25-26H,4-17,24H2,1-3H3,(H,35,36). The molecule has 7 nitrogen and oxygen atoms in total. The van der Waals surface area contributed by atoms with Crippen LogP contribution >= 0.6 is 0 Å². The Labute approximate surface area is 240 Å². The Morgan fingerprint density at radius 2 is 1.40 bits per heavy atom. The van der Waals surface area contributed by atoms with Crippen LogP contribution in [0.25, 0.3) is 0 Å². The molecule has 220 valence electrons. The molecule has 0 unspecified atom stereocenters. The fourth-order valence-corrected chi connectivity index (χ4v) is 4.21. The van der Waals surface area contributed by atoms with E-state index in [1.165, 1.54) is 64.9 Å². The number of ether oxygens (including phenoxy) is 3. The molecule has 0 radical (unpaired) electrons. The lowest BCUT2D eigenvalue weighted by atomic mass is 10.1. The molecular weight excluding hydrogens is 504 g/mol. The topological polar surface area (TPSA) is 86.2 Å². The lowest BCUT2D eigenvalue weighted by Crippen LogP contribution is -2.16. The van der Waals surface area contributed by atoms with Gasteiger partial charge in [-0.25, -0.2) is 10.2 Å². The zero-order chi connectivity index (χ0) is 28.8. The Hall–Kier alpha value is -3.35. The number of esters is 1. The van der Waals surface area contributed by atoms with E-state index in [4.69, 9.17) is 14.2 Å². The summed E-state index contributed by atoms with van der Waals surface area (Å²) in [4.78, 5) is 24.7. The lowest BCUT2D eigenvalue weighted by molar-refractivity contribution is -0.121. The zero-order valence-electron chi connectivity index (χ0n) is 24.7. The second-order valence-corrected chi connectivity index (χ2v) is 10.1. The Morgan fingerprint density at radius 3 is 2.02 bits per heavy atom. The molecular formula is C33H48N2O5. The molecule has 0 saturated heterocycles. The van der Waals surface area contributed by atoms with Crippen molar-refractivity contribution in [3.8, 4) is 17.2 Å². The maximum atomic E-state index is 12.6. The van der Waals surface area contributed by atoms with Crippen molar-refractivity contribution in [3.63, 3.8) is 0 Å². The molecule has 0 fully saturated rings. The number of nitrogens with one attached hydrogen (secondary N) is 1. The number of hydrogen-bond donors (Lipinski definition) is 1. The fourth-order valence-electron chi connectivity index (χ4n) is 4.21. The van der Waals surface area contributed by atoms with Crippen LogP contribution in [0.5, 0.6) is 17.2 Å². The molecule has 40 heavy (non-hydrogen) atoms. The molecule has 2 aromatic carbocycles. The van der Waals surface area contributed by atoms with Crippen LogP contribution in [0.3, 0.4) is 0 Å². The molecule has 7 heteroatoms. The Balaban J connectivity index is 1.69. The van der Waals surface area contributed by atoms with E-state index in [1.807, 2.05) is 0 Å². The van der Waals surface area contributed by atoms with Crippen molar-refractivity contribution in [1.82, 2.24) is 5.43 Å². The number of hydrazone groups is 1. The highest BCUT2D eigenvalue weighted by Gasteiger charge is 2.13. The molecule has 0 aliphatic carbocycles. The number of methoxy groups -OCH3 is 1. The first-order valence-corrected chi connectivity index (χ1v) is 15.0. The summed E-state index contributed by atoms with van der Waals surface area (Å²) in [5.74, 6) is 0.829. The van der Waals surface area contributed by atoms with Crippen LogP contribution in [0.4, 0.5) is 0 Å². The Bertz CT molecular complexity index is 1020. The number of unbranched alkanes of at least 4 members (excludes halogenated alkanes) is 11. The predicted molar refractivity (Wildman–Crippen MR) is 162 cm³/mol. The van der Waals surface area contributed by atoms with E-state index in [0.717, 1.165) is 31.4 Å². The van der Waals surface area contributed by atoms with E-state index >= 15 is 0 Å². The van der Waals surface area contributed by atoms with Crippen LogP contribution in [-0.4, -0.2) is 31.8 Å². The summed E-state index contributed by atoms with van der Waals surface area (Å²) in [5.41, 5.74) is 3.71. The second kappa shape index (κ2) is 20.5. The van der Waals surface area contributed by atoms with Gasteiger partial charge in [-0.05, 0) is 60.9 Å². The maximum absolute atomic E-state index is 12.6. The first kappa shape index (κ1) is 32.9. The van der Waals surface area contributed by atoms with Crippen molar-refractivity contribution < 1.29 is 23.8 Å². The highest BCUT2D eigenvalue weighted by molar-refractivity contribution is 5.91. The molecule has 2 rings (SSSR count). The summed E-state index contributed by atoms with van der Waals surface area (Å²) in [7, 11) is 1.51. The van der Waals surface area contributed by atoms with Crippen LogP contribution in [0.15, 0.2) is 47.6 Å². The number of carbonyl (C=O) groups is 2. The molecule has 0 atom stereocenters. The largest absolute Gasteiger partial charge is 0.494 e. The summed E-state index contributed by atoms with van der Waals surface area (Å²) in [5, 5.41) is 4.06. The van der Waals surface area contributed by atoms with Crippen LogP contribution < -0.4 is 19.6 Å². The summed E-state index contributed by atoms with van der Waals surface area (Å²) >= 11 is 0. The summed E-state index contributed by atoms with van der Waals surface area (Å²) in [6.45, 7) is 5.00. The van der Waals surface area contributed by atoms with Gasteiger partial charge in [0.1, 0.15) is 5.75 Å². The molecule has 0 heterocycles. The molecule has 0 bridgehead atoms. The smallest absolute Gasteiger partial charge is 0.343 e. The third kappa shape index (κ3) is 13.6. The van der Waals surface area contributed by atoms with Crippen LogP contribution in [0, 0.1) is 0 Å². The van der Waals surface area contributed by atoms with Gasteiger partial charge in [0.05, 0.1) is 25.5 Å². The van der Waals surface area contributed by atoms with Gasteiger partial charge in [0.15, 0.2) is 11.5 Å². The summed E-state index contributed by atoms with van der Waals surface area (Å²) in [6, 6.07) is 12.0. The highest BCUT2D eigenvalue weighted by atomic mass is 16.6. The minimum Gasteiger partial charge on any atom is -0.494 e. The third-order valence-electron chi connectivity index (χ3n) is 6.66. The number of benzene rings is 2. The molecule has 0 spiro atoms. The quantitative estimate of drug-likeness (QED) is 0.0554. The number of nitrogens with zero attached hydrogens (tertiary/aromatic N) is 1. The number of carbonyl (C=O) groups excluding carboxylic acids is 2. The maximum Gasteiger partial charge on any atom is 0.343 e. The molecule has 1 amide bonds. The molecule has 0 saturated carbocycles. The van der Waals surface area contributed by atoms with Crippen LogP contribution in [0.1, 0.15) is 120 Å². The average Bonchev–Trinajstić information content (AvgIpc) is 2.97. The van der Waals surface area contributed by atoms with E-state index in [0.29, 0.717) is 35.7 Å². The molecule has 0 aromatic heterocycles. The fraction of sp³-hybridized carbons (Fsp3) is 0.545. The number of rotatable bonds is 21. The van der Waals surface area contributed by atoms with Gasteiger partial charge in [-0.3, -0.25) is 4.79 Å². The SMILES string of the molecule is CCCCCCCCCCCCCC(=O)NN=Cc1ccc(OC(=O)c2ccc(OCCCC)cc2)c(OC)c1. The molecule has 1 N–H and O–H groups in total. The van der Waals surface area contributed by atoms with Gasteiger partial charge >= 0.3 is 5.97 Å². The second-order valence-electron chi connectivity index (χ2n) is 10.1. The molecule has 0 aliphatic rings. The highest BCUT2D eigenvalue weighted by Crippen LogP contribution is 2.28. The molecule has 0 aliphatic heterocycles. The van der Waals surface area contributed by atoms with Gasteiger partial charge < -0.3 is 14.2 Å². The van der Waals surface area contributed by atoms with Gasteiger partial charge in [-0.15, -0.1) is 0 Å². The number of amides is 1. The summed E-state index contributed by atoms with van der Waals surface area (Å²) in [6.07, 6.45) is 17.8. The van der Waals surface area contributed by atoms with Gasteiger partial charge in [0.25, 0.3) is 0 Å². The van der Waals surface area contributed by atoms with Crippen molar-refractivity contribution >= 4 is 18.1 Å². The predicted octanol–water partition coefficient (Wildman–Crippen LogP) is 8.24. The van der Waals surface area contributed by atoms with E-state index in [-0.39, 0.29) is 5.91 Å². The van der Waals surface area contributed by atoms with Crippen molar-refractivity contribution in [2.24, 2.45) is 5.10 Å². The molecule has 2 aromatic rings. The first-order chi connectivity index (χ1) is 19.6. The third-order valence-corrected chi connectivity index (χ3v) is 6.66. The van der Waals surface area contributed by atoms with Crippen LogP contribution in [0.2, 0.25) is 0 Å². The normalized spacial score (nSPS) is 11.0. The minimum atomic E-state index is -0.491. The van der Waals surface area contributed by atoms with Crippen molar-refractivity contribution in [3.05, 3.63) is 53.6 Å². The zero-order valence-corrected chi connectivity index (χ0v) is 24.7. The Kier molecular flexibility index (Phi) is 16.9. The van der Waals surface area contributed by atoms with Crippen LogP contribution in [-0.2, 0) is 4.79 Å². The number of hydrogen-bond acceptors (Lipinski definition) is 6. The summed E-state index contributed by atoms with van der Waals surface area (Å²) < 4.78 is 16.6. The van der Waals surface area contributed by atoms with E-state index in [2.05, 4.69) is 24.4 Å². The van der Waals surface area contributed by atoms with Crippen molar-refractivity contribution in [2.75, 3.05) is 13.7 Å². The van der Waals surface area contributed by atoms with Gasteiger partial charge in [-0.2, -0.15) is 5.10 Å². The van der Waals surface area contributed by atoms with E-state index < -0.39 is 5.97 Å². The average molecular weight is 553 g/mol. The lowest BCUT2D eigenvalue weighted by Gasteiger charge is -2.10.